The lowest BCUT2D eigenvalue weighted by Gasteiger charge is -2.33. The summed E-state index contributed by atoms with van der Waals surface area (Å²) < 4.78 is 1.95. The van der Waals surface area contributed by atoms with Crippen LogP contribution >= 0.6 is 0 Å². The van der Waals surface area contributed by atoms with Crippen LogP contribution in [0.15, 0.2) is 60.9 Å². The number of carbonyl (C=O) groups is 1. The fourth-order valence-corrected chi connectivity index (χ4v) is 5.12. The molecule has 2 aliphatic rings. The second-order valence-electron chi connectivity index (χ2n) is 10.0. The van der Waals surface area contributed by atoms with Crippen LogP contribution in [-0.2, 0) is 4.79 Å². The van der Waals surface area contributed by atoms with Crippen molar-refractivity contribution in [2.24, 2.45) is 5.92 Å². The maximum atomic E-state index is 12.6. The van der Waals surface area contributed by atoms with E-state index in [1.807, 2.05) is 34.6 Å². The van der Waals surface area contributed by atoms with Crippen molar-refractivity contribution >= 4 is 22.6 Å². The number of rotatable bonds is 6. The number of hydrogen-bond donors (Lipinski definition) is 1. The molecule has 3 heterocycles. The Morgan fingerprint density at radius 3 is 2.76 bits per heavy atom. The molecule has 2 aromatic carbocycles. The van der Waals surface area contributed by atoms with Gasteiger partial charge in [-0.1, -0.05) is 36.4 Å². The highest BCUT2D eigenvalue weighted by atomic mass is 16.2. The molecule has 0 bridgehead atoms. The summed E-state index contributed by atoms with van der Waals surface area (Å²) in [5, 5.41) is 15.4. The molecule has 6 rings (SSSR count). The van der Waals surface area contributed by atoms with E-state index in [9.17, 15) is 10.1 Å². The van der Waals surface area contributed by atoms with Crippen LogP contribution in [0, 0.1) is 17.2 Å². The van der Waals surface area contributed by atoms with Gasteiger partial charge in [-0.25, -0.2) is 9.97 Å². The van der Waals surface area contributed by atoms with Gasteiger partial charge in [0.25, 0.3) is 0 Å². The molecule has 0 radical (unpaired) electrons. The van der Waals surface area contributed by atoms with Gasteiger partial charge < -0.3 is 10.2 Å². The first-order chi connectivity index (χ1) is 18.1. The average Bonchev–Trinajstić information content (AvgIpc) is 3.70. The lowest BCUT2D eigenvalue weighted by atomic mass is 10.1. The van der Waals surface area contributed by atoms with Crippen molar-refractivity contribution in [1.82, 2.24) is 24.4 Å². The zero-order valence-electron chi connectivity index (χ0n) is 20.8. The minimum absolute atomic E-state index is 0.104. The predicted octanol–water partition coefficient (Wildman–Crippen LogP) is 4.92. The highest BCUT2D eigenvalue weighted by Gasteiger charge is 2.35. The molecule has 1 aliphatic heterocycles. The number of piperidine rings is 1. The molecule has 1 unspecified atom stereocenters. The van der Waals surface area contributed by atoms with Gasteiger partial charge >= 0.3 is 0 Å². The van der Waals surface area contributed by atoms with E-state index in [1.165, 1.54) is 0 Å². The average molecular weight is 492 g/mol. The van der Waals surface area contributed by atoms with Crippen LogP contribution in [0.5, 0.6) is 0 Å². The van der Waals surface area contributed by atoms with E-state index in [-0.39, 0.29) is 23.8 Å². The summed E-state index contributed by atoms with van der Waals surface area (Å²) in [6.07, 6.45) is 7.46. The van der Waals surface area contributed by atoms with Crippen LogP contribution in [0.1, 0.15) is 44.2 Å². The van der Waals surface area contributed by atoms with E-state index in [2.05, 4.69) is 46.7 Å². The second-order valence-corrected chi connectivity index (χ2v) is 10.0. The number of likely N-dealkylation sites (tertiary alicyclic amines) is 1. The number of fused-ring (bicyclic) bond motifs is 1. The Morgan fingerprint density at radius 1 is 1.11 bits per heavy atom. The van der Waals surface area contributed by atoms with Crippen molar-refractivity contribution in [3.63, 3.8) is 0 Å². The number of anilines is 1. The van der Waals surface area contributed by atoms with Crippen LogP contribution in [0.2, 0.25) is 0 Å². The molecule has 1 aliphatic carbocycles. The van der Waals surface area contributed by atoms with E-state index >= 15 is 0 Å². The molecule has 186 valence electrons. The minimum Gasteiger partial charge on any atom is -0.350 e. The number of amides is 1. The maximum Gasteiger partial charge on any atom is 0.225 e. The smallest absolute Gasteiger partial charge is 0.225 e. The van der Waals surface area contributed by atoms with E-state index in [4.69, 9.17) is 9.97 Å². The topological polar surface area (TPSA) is 99.7 Å². The molecule has 37 heavy (non-hydrogen) atoms. The number of nitriles is 1. The van der Waals surface area contributed by atoms with E-state index in [0.717, 1.165) is 60.1 Å². The summed E-state index contributed by atoms with van der Waals surface area (Å²) in [6, 6.07) is 18.8. The quantitative estimate of drug-likeness (QED) is 0.411. The predicted molar refractivity (Wildman–Crippen MR) is 142 cm³/mol. The van der Waals surface area contributed by atoms with Crippen molar-refractivity contribution in [2.45, 2.75) is 44.6 Å². The van der Waals surface area contributed by atoms with Crippen molar-refractivity contribution in [3.05, 3.63) is 66.6 Å². The van der Waals surface area contributed by atoms with Gasteiger partial charge in [0.1, 0.15) is 11.6 Å². The third-order valence-electron chi connectivity index (χ3n) is 7.30. The fourth-order valence-electron chi connectivity index (χ4n) is 5.12. The molecule has 4 aromatic rings. The zero-order chi connectivity index (χ0) is 25.4. The van der Waals surface area contributed by atoms with Gasteiger partial charge in [-0.05, 0) is 55.5 Å². The molecular weight excluding hydrogens is 462 g/mol. The number of carbonyl (C=O) groups excluding carboxylic acids is 1. The van der Waals surface area contributed by atoms with Gasteiger partial charge in [-0.2, -0.15) is 10.2 Å². The maximum absolute atomic E-state index is 12.6. The summed E-state index contributed by atoms with van der Waals surface area (Å²) in [7, 11) is 0. The molecule has 2 fully saturated rings. The number of nitrogens with one attached hydrogen (secondary N) is 1. The van der Waals surface area contributed by atoms with Gasteiger partial charge in [-0.3, -0.25) is 9.36 Å². The lowest BCUT2D eigenvalue weighted by Crippen LogP contribution is -2.45. The summed E-state index contributed by atoms with van der Waals surface area (Å²) in [4.78, 5) is 28.6. The Kier molecular flexibility index (Phi) is 6.05. The number of benzene rings is 2. The normalized spacial score (nSPS) is 18.4. The first kappa shape index (κ1) is 23.2. The standard InChI is InChI=1S/C29H29N7O/c1-19(16-30)25-17-32-27(23-11-8-20-5-2-3-6-22(20)15-23)36(25)26-12-13-31-29(34-26)33-24-7-4-14-35(18-24)28(37)21-9-10-21/h2-3,5-6,8,11-13,15,17,19,21,24H,4,7,9-10,14,18H2,1H3,(H,31,33,34)/t19-,24?/m1/s1. The van der Waals surface area contributed by atoms with Gasteiger partial charge in [0.2, 0.25) is 11.9 Å². The first-order valence-electron chi connectivity index (χ1n) is 13.0. The zero-order valence-corrected chi connectivity index (χ0v) is 20.8. The molecule has 8 nitrogen and oxygen atoms in total. The van der Waals surface area contributed by atoms with Crippen molar-refractivity contribution < 1.29 is 4.79 Å². The molecular formula is C29H29N7O. The molecule has 1 saturated heterocycles. The van der Waals surface area contributed by atoms with Gasteiger partial charge in [0, 0.05) is 36.8 Å². The van der Waals surface area contributed by atoms with E-state index in [1.54, 1.807) is 12.4 Å². The van der Waals surface area contributed by atoms with Crippen LogP contribution in [0.4, 0.5) is 5.95 Å². The monoisotopic (exact) mass is 491 g/mol. The van der Waals surface area contributed by atoms with E-state index < -0.39 is 0 Å². The number of nitrogens with zero attached hydrogens (tertiary/aromatic N) is 6. The Bertz CT molecular complexity index is 1500. The minimum atomic E-state index is -0.367. The third kappa shape index (κ3) is 4.65. The molecule has 1 saturated carbocycles. The van der Waals surface area contributed by atoms with Crippen LogP contribution in [0.25, 0.3) is 28.0 Å². The number of hydrogen-bond acceptors (Lipinski definition) is 6. The molecule has 8 heteroatoms. The molecule has 2 atom stereocenters. The highest BCUT2D eigenvalue weighted by Crippen LogP contribution is 2.32. The van der Waals surface area contributed by atoms with Crippen molar-refractivity contribution in [1.29, 1.82) is 5.26 Å². The third-order valence-corrected chi connectivity index (χ3v) is 7.30. The Morgan fingerprint density at radius 2 is 1.95 bits per heavy atom. The number of aromatic nitrogens is 4. The van der Waals surface area contributed by atoms with Gasteiger partial charge in [0.05, 0.1) is 23.9 Å². The molecule has 2 aromatic heterocycles. The summed E-state index contributed by atoms with van der Waals surface area (Å²) in [5.41, 5.74) is 1.72. The summed E-state index contributed by atoms with van der Waals surface area (Å²) in [5.74, 6) is 2.04. The largest absolute Gasteiger partial charge is 0.350 e. The molecule has 1 N–H and O–H groups in total. The van der Waals surface area contributed by atoms with Gasteiger partial charge in [-0.15, -0.1) is 0 Å². The summed E-state index contributed by atoms with van der Waals surface area (Å²) >= 11 is 0. The second kappa shape index (κ2) is 9.66. The van der Waals surface area contributed by atoms with E-state index in [0.29, 0.717) is 18.3 Å². The highest BCUT2D eigenvalue weighted by molar-refractivity contribution is 5.86. The van der Waals surface area contributed by atoms with Crippen LogP contribution < -0.4 is 5.32 Å². The van der Waals surface area contributed by atoms with Crippen molar-refractivity contribution in [2.75, 3.05) is 18.4 Å². The Labute approximate surface area is 216 Å². The first-order valence-corrected chi connectivity index (χ1v) is 13.0. The summed E-state index contributed by atoms with van der Waals surface area (Å²) in [6.45, 7) is 3.37. The Balaban J connectivity index is 1.33. The van der Waals surface area contributed by atoms with Crippen LogP contribution in [0.3, 0.4) is 0 Å². The SMILES string of the molecule is C[C@H](C#N)c1cnc(-c2ccc3ccccc3c2)n1-c1ccnc(NC2CCCN(C(=O)C3CC3)C2)n1. The number of imidazole rings is 1. The molecule has 0 spiro atoms. The lowest BCUT2D eigenvalue weighted by molar-refractivity contribution is -0.133. The van der Waals surface area contributed by atoms with Gasteiger partial charge in [0.15, 0.2) is 0 Å². The fraction of sp³-hybridized carbons (Fsp3) is 0.345. The van der Waals surface area contributed by atoms with Crippen LogP contribution in [-0.4, -0.2) is 49.5 Å². The van der Waals surface area contributed by atoms with Crippen molar-refractivity contribution in [3.8, 4) is 23.3 Å². The molecule has 1 amide bonds. The Hall–Kier alpha value is -4.25.